The van der Waals surface area contributed by atoms with Gasteiger partial charge in [0, 0.05) is 6.21 Å². The van der Waals surface area contributed by atoms with Gasteiger partial charge in [0.25, 0.3) is 0 Å². The maximum Gasteiger partial charge on any atom is 0.0177 e. The summed E-state index contributed by atoms with van der Waals surface area (Å²) < 4.78 is 1.27. The molecule has 0 aromatic carbocycles. The van der Waals surface area contributed by atoms with Gasteiger partial charge in [-0.2, -0.15) is 0 Å². The average molecular weight is 235 g/mol. The van der Waals surface area contributed by atoms with E-state index < -0.39 is 0 Å². The molecule has 0 amide bonds. The van der Waals surface area contributed by atoms with E-state index in [0.717, 1.165) is 0 Å². The summed E-state index contributed by atoms with van der Waals surface area (Å²) in [6.45, 7) is 4.08. The fraction of sp³-hybridized carbons (Fsp3) is 0.286. The molecule has 0 unspecified atom stereocenters. The van der Waals surface area contributed by atoms with E-state index in [1.807, 2.05) is 19.9 Å². The molecule has 0 rings (SSSR count). The van der Waals surface area contributed by atoms with Crippen molar-refractivity contribution in [3.63, 3.8) is 0 Å². The van der Waals surface area contributed by atoms with Gasteiger partial charge in [0.1, 0.15) is 0 Å². The number of nitrogens with one attached hydrogen (secondary N) is 1. The van der Waals surface area contributed by atoms with E-state index in [-0.39, 0.29) is 0 Å². The van der Waals surface area contributed by atoms with E-state index in [9.17, 15) is 0 Å². The van der Waals surface area contributed by atoms with Crippen LogP contribution in [0.5, 0.6) is 0 Å². The summed E-state index contributed by atoms with van der Waals surface area (Å²) in [5.41, 5.74) is 1.22. The predicted octanol–water partition coefficient (Wildman–Crippen LogP) is 2.92. The molecule has 0 saturated carbocycles. The van der Waals surface area contributed by atoms with E-state index in [4.69, 9.17) is 5.41 Å². The first-order valence-corrected chi connectivity index (χ1v) is 3.76. The van der Waals surface area contributed by atoms with Crippen molar-refractivity contribution in [2.75, 3.05) is 0 Å². The number of hydrogen-bond acceptors (Lipinski definition) is 1. The molecule has 0 radical (unpaired) electrons. The van der Waals surface area contributed by atoms with Gasteiger partial charge in [-0.25, -0.2) is 0 Å². The first kappa shape index (κ1) is 8.88. The number of rotatable bonds is 2. The molecule has 0 aromatic rings. The van der Waals surface area contributed by atoms with Gasteiger partial charge in [-0.3, -0.25) is 0 Å². The largest absolute Gasteiger partial charge is 0.309 e. The van der Waals surface area contributed by atoms with Crippen LogP contribution in [0.25, 0.3) is 0 Å². The fourth-order valence-electron chi connectivity index (χ4n) is 0.307. The predicted molar refractivity (Wildman–Crippen MR) is 50.3 cm³/mol. The van der Waals surface area contributed by atoms with Crippen LogP contribution in [0, 0.1) is 5.41 Å². The molecule has 0 heterocycles. The molecule has 0 saturated heterocycles. The number of hydrogen-bond donors (Lipinski definition) is 1. The Morgan fingerprint density at radius 2 is 2.00 bits per heavy atom. The molecule has 1 nitrogen and oxygen atoms in total. The summed E-state index contributed by atoms with van der Waals surface area (Å²) in [5.74, 6) is 0. The van der Waals surface area contributed by atoms with Gasteiger partial charge < -0.3 is 5.41 Å². The van der Waals surface area contributed by atoms with Gasteiger partial charge in [0.2, 0.25) is 0 Å². The van der Waals surface area contributed by atoms with Gasteiger partial charge in [-0.1, -0.05) is 6.08 Å². The van der Waals surface area contributed by atoms with Crippen LogP contribution in [-0.4, -0.2) is 6.21 Å². The van der Waals surface area contributed by atoms with Crippen LogP contribution in [0.3, 0.4) is 0 Å². The summed E-state index contributed by atoms with van der Waals surface area (Å²) in [5, 5.41) is 6.70. The first-order chi connectivity index (χ1) is 4.18. The third kappa shape index (κ3) is 4.39. The van der Waals surface area contributed by atoms with Crippen molar-refractivity contribution in [1.82, 2.24) is 0 Å². The van der Waals surface area contributed by atoms with E-state index in [1.54, 1.807) is 6.08 Å². The van der Waals surface area contributed by atoms with E-state index in [0.29, 0.717) is 0 Å². The van der Waals surface area contributed by atoms with Crippen molar-refractivity contribution in [3.8, 4) is 0 Å². The highest BCUT2D eigenvalue weighted by Gasteiger charge is 1.83. The molecule has 0 aliphatic rings. The lowest BCUT2D eigenvalue weighted by Crippen LogP contribution is -1.69. The lowest BCUT2D eigenvalue weighted by atomic mass is 10.3. The summed E-state index contributed by atoms with van der Waals surface area (Å²) in [4.78, 5) is 0. The summed E-state index contributed by atoms with van der Waals surface area (Å²) in [6.07, 6.45) is 4.93. The van der Waals surface area contributed by atoms with Gasteiger partial charge >= 0.3 is 0 Å². The quantitative estimate of drug-likeness (QED) is 0.432. The van der Waals surface area contributed by atoms with Crippen LogP contribution < -0.4 is 0 Å². The Kier molecular flexibility index (Phi) is 4.67. The zero-order valence-electron chi connectivity index (χ0n) is 5.61. The second-order valence-corrected chi connectivity index (χ2v) is 3.36. The highest BCUT2D eigenvalue weighted by molar-refractivity contribution is 14.1. The van der Waals surface area contributed by atoms with E-state index >= 15 is 0 Å². The smallest absolute Gasteiger partial charge is 0.0177 e. The van der Waals surface area contributed by atoms with Crippen LogP contribution in [0.15, 0.2) is 21.3 Å². The van der Waals surface area contributed by atoms with Gasteiger partial charge in [0.05, 0.1) is 0 Å². The minimum atomic E-state index is 1.22. The zero-order valence-corrected chi connectivity index (χ0v) is 7.77. The normalized spacial score (nSPS) is 13.7. The molecule has 2 heteroatoms. The third-order valence-electron chi connectivity index (χ3n) is 0.986. The molecule has 0 aromatic heterocycles. The Hall–Kier alpha value is -0.120. The van der Waals surface area contributed by atoms with Crippen molar-refractivity contribution in [2.45, 2.75) is 13.8 Å². The van der Waals surface area contributed by atoms with Gasteiger partial charge in [-0.15, -0.1) is 0 Å². The molecule has 0 aliphatic heterocycles. The Morgan fingerprint density at radius 3 is 2.33 bits per heavy atom. The molecule has 0 bridgehead atoms. The van der Waals surface area contributed by atoms with E-state index in [2.05, 4.69) is 22.6 Å². The van der Waals surface area contributed by atoms with Crippen LogP contribution >= 0.6 is 22.6 Å². The Morgan fingerprint density at radius 1 is 1.44 bits per heavy atom. The molecule has 9 heavy (non-hydrogen) atoms. The van der Waals surface area contributed by atoms with Crippen LogP contribution in [0.2, 0.25) is 0 Å². The lowest BCUT2D eigenvalue weighted by molar-refractivity contribution is 1.47. The molecule has 1 N–H and O–H groups in total. The second kappa shape index (κ2) is 4.73. The number of halogens is 1. The molecule has 50 valence electrons. The molecular weight excluding hydrogens is 225 g/mol. The minimum absolute atomic E-state index is 1.22. The fourth-order valence-corrected chi connectivity index (χ4v) is 0.487. The maximum absolute atomic E-state index is 6.70. The molecule has 0 atom stereocenters. The number of allylic oxidation sites excluding steroid dienone is 4. The second-order valence-electron chi connectivity index (χ2n) is 1.74. The topological polar surface area (TPSA) is 23.9 Å². The van der Waals surface area contributed by atoms with Gasteiger partial charge in [0.15, 0.2) is 0 Å². The molecule has 0 spiro atoms. The molecule has 0 aliphatic carbocycles. The van der Waals surface area contributed by atoms with Gasteiger partial charge in [-0.05, 0) is 51.7 Å². The SMILES string of the molecule is CC(I)=C(C)/C=C\C=N. The standard InChI is InChI=1S/C7H10IN/c1-6(7(2)8)4-3-5-9/h3-5,9H,1-2H3/b4-3-,7-6?,9-5?. The molecular formula is C7H10IN. The highest BCUT2D eigenvalue weighted by Crippen LogP contribution is 2.11. The zero-order chi connectivity index (χ0) is 7.28. The van der Waals surface area contributed by atoms with Crippen LogP contribution in [0.1, 0.15) is 13.8 Å². The Balaban J connectivity index is 4.06. The minimum Gasteiger partial charge on any atom is -0.309 e. The highest BCUT2D eigenvalue weighted by atomic mass is 127. The lowest BCUT2D eigenvalue weighted by Gasteiger charge is -1.90. The molecule has 0 fully saturated rings. The average Bonchev–Trinajstić information content (AvgIpc) is 1.82. The Labute approximate surface area is 69.5 Å². The van der Waals surface area contributed by atoms with Crippen molar-refractivity contribution in [3.05, 3.63) is 21.3 Å². The summed E-state index contributed by atoms with van der Waals surface area (Å²) >= 11 is 2.26. The Bertz CT molecular complexity index is 152. The van der Waals surface area contributed by atoms with E-state index in [1.165, 1.54) is 15.4 Å². The van der Waals surface area contributed by atoms with Crippen LogP contribution in [-0.2, 0) is 0 Å². The van der Waals surface area contributed by atoms with Crippen molar-refractivity contribution >= 4 is 28.8 Å². The van der Waals surface area contributed by atoms with Crippen LogP contribution in [0.4, 0.5) is 0 Å². The van der Waals surface area contributed by atoms with Crippen molar-refractivity contribution in [1.29, 1.82) is 5.41 Å². The monoisotopic (exact) mass is 235 g/mol. The first-order valence-electron chi connectivity index (χ1n) is 2.68. The maximum atomic E-state index is 6.70. The van der Waals surface area contributed by atoms with Crippen molar-refractivity contribution < 1.29 is 0 Å². The van der Waals surface area contributed by atoms with Crippen molar-refractivity contribution in [2.24, 2.45) is 0 Å². The third-order valence-corrected chi connectivity index (χ3v) is 1.84. The summed E-state index contributed by atoms with van der Waals surface area (Å²) in [7, 11) is 0. The summed E-state index contributed by atoms with van der Waals surface area (Å²) in [6, 6.07) is 0.